The maximum Gasteiger partial charge on any atom is 0.430 e. The molecule has 0 saturated carbocycles. The van der Waals surface area contributed by atoms with E-state index in [1.807, 2.05) is 12.1 Å². The fourth-order valence-corrected chi connectivity index (χ4v) is 6.40. The third-order valence-corrected chi connectivity index (χ3v) is 8.99. The Morgan fingerprint density at radius 3 is 2.14 bits per heavy atom. The van der Waals surface area contributed by atoms with Crippen LogP contribution < -0.4 is 4.90 Å². The third-order valence-electron chi connectivity index (χ3n) is 8.68. The molecule has 42 heavy (non-hydrogen) atoms. The molecule has 2 aromatic carbocycles. The van der Waals surface area contributed by atoms with Gasteiger partial charge in [-0.25, -0.2) is 0 Å². The summed E-state index contributed by atoms with van der Waals surface area (Å²) in [5.74, 6) is -0.756. The van der Waals surface area contributed by atoms with Crippen molar-refractivity contribution in [3.05, 3.63) is 64.7 Å². The number of carbonyl (C=O) groups is 2. The van der Waals surface area contributed by atoms with Crippen LogP contribution in [0.4, 0.5) is 18.9 Å². The number of amides is 2. The second-order valence-corrected chi connectivity index (χ2v) is 11.7. The van der Waals surface area contributed by atoms with Gasteiger partial charge in [-0.2, -0.15) is 13.2 Å². The molecule has 2 aliphatic rings. The fourth-order valence-electron chi connectivity index (χ4n) is 6.15. The van der Waals surface area contributed by atoms with Gasteiger partial charge in [0.05, 0.1) is 10.6 Å². The number of nitrogens with zero attached hydrogens (tertiary/aromatic N) is 3. The van der Waals surface area contributed by atoms with Crippen LogP contribution in [-0.2, 0) is 15.1 Å². The first-order valence-electron chi connectivity index (χ1n) is 14.4. The number of likely N-dealkylation sites (tertiary alicyclic amines) is 1. The molecule has 11 heteroatoms. The predicted octanol–water partition coefficient (Wildman–Crippen LogP) is 5.35. The van der Waals surface area contributed by atoms with Crippen LogP contribution in [0.15, 0.2) is 48.5 Å². The fraction of sp³-hybridized carbons (Fsp3) is 0.548. The molecule has 1 atom stereocenters. The van der Waals surface area contributed by atoms with Crippen molar-refractivity contribution >= 4 is 29.1 Å². The summed E-state index contributed by atoms with van der Waals surface area (Å²) in [6, 6.07) is 12.1. The molecular formula is C31H39ClF3N3O4. The molecule has 1 N–H and O–H groups in total. The number of aliphatic hydroxyl groups is 1. The van der Waals surface area contributed by atoms with E-state index < -0.39 is 23.2 Å². The van der Waals surface area contributed by atoms with Crippen LogP contribution in [0.25, 0.3) is 0 Å². The van der Waals surface area contributed by atoms with Crippen molar-refractivity contribution in [2.24, 2.45) is 11.8 Å². The van der Waals surface area contributed by atoms with E-state index in [1.54, 1.807) is 25.1 Å². The van der Waals surface area contributed by atoms with Crippen LogP contribution >= 0.6 is 11.6 Å². The van der Waals surface area contributed by atoms with Crippen molar-refractivity contribution in [2.75, 3.05) is 58.4 Å². The maximum absolute atomic E-state index is 14.0. The average Bonchev–Trinajstić information content (AvgIpc) is 3.00. The number of rotatable bonds is 9. The van der Waals surface area contributed by atoms with Gasteiger partial charge in [0, 0.05) is 64.7 Å². The van der Waals surface area contributed by atoms with Crippen molar-refractivity contribution in [3.63, 3.8) is 0 Å². The van der Waals surface area contributed by atoms with E-state index in [0.29, 0.717) is 48.4 Å². The first-order chi connectivity index (χ1) is 20.0. The minimum atomic E-state index is -5.14. The molecule has 2 heterocycles. The molecule has 7 nitrogen and oxygen atoms in total. The molecular weight excluding hydrogens is 571 g/mol. The highest BCUT2D eigenvalue weighted by Gasteiger charge is 2.62. The number of benzene rings is 2. The molecule has 0 spiro atoms. The number of carbonyl (C=O) groups excluding carboxylic acids is 2. The first-order valence-corrected chi connectivity index (χ1v) is 14.8. The quantitative estimate of drug-likeness (QED) is 0.388. The van der Waals surface area contributed by atoms with E-state index >= 15 is 0 Å². The van der Waals surface area contributed by atoms with Gasteiger partial charge in [0.25, 0.3) is 17.4 Å². The highest BCUT2D eigenvalue weighted by atomic mass is 35.5. The van der Waals surface area contributed by atoms with Gasteiger partial charge >= 0.3 is 6.18 Å². The third kappa shape index (κ3) is 6.87. The van der Waals surface area contributed by atoms with Crippen LogP contribution in [0.1, 0.15) is 48.0 Å². The molecule has 2 amide bonds. The number of hydrogen-bond acceptors (Lipinski definition) is 5. The van der Waals surface area contributed by atoms with E-state index in [-0.39, 0.29) is 19.0 Å². The molecule has 0 bridgehead atoms. The van der Waals surface area contributed by atoms with Gasteiger partial charge in [-0.15, -0.1) is 0 Å². The van der Waals surface area contributed by atoms with Crippen molar-refractivity contribution in [2.45, 2.75) is 43.9 Å². The van der Waals surface area contributed by atoms with E-state index in [1.165, 1.54) is 18.2 Å². The Labute approximate surface area is 250 Å². The van der Waals surface area contributed by atoms with Crippen molar-refractivity contribution in [1.82, 2.24) is 9.80 Å². The lowest BCUT2D eigenvalue weighted by Gasteiger charge is -2.42. The summed E-state index contributed by atoms with van der Waals surface area (Å²) in [6.45, 7) is 3.10. The number of hydrogen-bond donors (Lipinski definition) is 1. The maximum atomic E-state index is 14.0. The lowest BCUT2D eigenvalue weighted by atomic mass is 9.78. The highest BCUT2D eigenvalue weighted by molar-refractivity contribution is 6.34. The van der Waals surface area contributed by atoms with Gasteiger partial charge < -0.3 is 24.5 Å². The van der Waals surface area contributed by atoms with E-state index in [9.17, 15) is 27.9 Å². The van der Waals surface area contributed by atoms with Gasteiger partial charge in [-0.1, -0.05) is 41.9 Å². The second-order valence-electron chi connectivity index (χ2n) is 11.3. The highest BCUT2D eigenvalue weighted by Crippen LogP contribution is 2.42. The summed E-state index contributed by atoms with van der Waals surface area (Å²) in [7, 11) is 3.37. The van der Waals surface area contributed by atoms with Crippen molar-refractivity contribution in [1.29, 1.82) is 0 Å². The molecule has 2 fully saturated rings. The molecule has 230 valence electrons. The number of halogens is 4. The molecule has 0 aliphatic carbocycles. The standard InChI is InChI=1S/C31H39ClF3N3O4/c1-36(15-6-20-42-2)28(39)26-10-9-25(21-27(26)32)37-16-11-22(12-17-37)23-13-18-38(19-14-23)29(40)30(41,31(33,34)35)24-7-4-3-5-8-24/h3-5,7-10,21-23,41H,6,11-20H2,1-2H3. The Kier molecular flexibility index (Phi) is 10.4. The van der Waals surface area contributed by atoms with Gasteiger partial charge in [-0.05, 0) is 62.1 Å². The minimum absolute atomic E-state index is 0.136. The smallest absolute Gasteiger partial charge is 0.385 e. The number of anilines is 1. The summed E-state index contributed by atoms with van der Waals surface area (Å²) in [6.07, 6.45) is -1.38. The minimum Gasteiger partial charge on any atom is -0.385 e. The average molecular weight is 610 g/mol. The van der Waals surface area contributed by atoms with E-state index in [0.717, 1.165) is 55.1 Å². The molecule has 2 saturated heterocycles. The molecule has 2 aliphatic heterocycles. The topological polar surface area (TPSA) is 73.3 Å². The Morgan fingerprint density at radius 2 is 1.60 bits per heavy atom. The SMILES string of the molecule is COCCCN(C)C(=O)c1ccc(N2CCC(C3CCN(C(=O)C(O)(c4ccccc4)C(F)(F)F)CC3)CC2)cc1Cl. The van der Waals surface area contributed by atoms with Crippen LogP contribution in [0.3, 0.4) is 0 Å². The monoisotopic (exact) mass is 609 g/mol. The van der Waals surface area contributed by atoms with E-state index in [4.69, 9.17) is 16.3 Å². The van der Waals surface area contributed by atoms with Crippen LogP contribution in [-0.4, -0.2) is 86.4 Å². The summed E-state index contributed by atoms with van der Waals surface area (Å²) < 4.78 is 47.0. The molecule has 0 aromatic heterocycles. The lowest BCUT2D eigenvalue weighted by Crippen LogP contribution is -2.57. The Bertz CT molecular complexity index is 1220. The molecule has 0 radical (unpaired) electrons. The summed E-state index contributed by atoms with van der Waals surface area (Å²) >= 11 is 6.52. The normalized spacial score (nSPS) is 18.5. The Balaban J connectivity index is 1.31. The Hall–Kier alpha value is -2.82. The van der Waals surface area contributed by atoms with Crippen LogP contribution in [0.5, 0.6) is 0 Å². The van der Waals surface area contributed by atoms with Gasteiger partial charge in [0.2, 0.25) is 0 Å². The summed E-state index contributed by atoms with van der Waals surface area (Å²) in [4.78, 5) is 30.9. The summed E-state index contributed by atoms with van der Waals surface area (Å²) in [5.41, 5.74) is -2.62. The number of methoxy groups -OCH3 is 1. The zero-order chi connectivity index (χ0) is 30.5. The largest absolute Gasteiger partial charge is 0.430 e. The van der Waals surface area contributed by atoms with E-state index in [2.05, 4.69) is 4.90 Å². The lowest BCUT2D eigenvalue weighted by molar-refractivity contribution is -0.262. The zero-order valence-electron chi connectivity index (χ0n) is 24.1. The first kappa shape index (κ1) is 32.1. The molecule has 1 unspecified atom stereocenters. The van der Waals surface area contributed by atoms with Crippen molar-refractivity contribution in [3.8, 4) is 0 Å². The molecule has 2 aromatic rings. The van der Waals surface area contributed by atoms with Crippen LogP contribution in [0, 0.1) is 11.8 Å². The van der Waals surface area contributed by atoms with Crippen LogP contribution in [0.2, 0.25) is 5.02 Å². The zero-order valence-corrected chi connectivity index (χ0v) is 24.8. The van der Waals surface area contributed by atoms with Crippen molar-refractivity contribution < 1.29 is 32.6 Å². The second kappa shape index (κ2) is 13.7. The van der Waals surface area contributed by atoms with Gasteiger partial charge in [-0.3, -0.25) is 9.59 Å². The number of piperidine rings is 2. The van der Waals surface area contributed by atoms with Gasteiger partial charge in [0.15, 0.2) is 0 Å². The molecule has 4 rings (SSSR count). The number of ether oxygens (including phenoxy) is 1. The predicted molar refractivity (Wildman–Crippen MR) is 156 cm³/mol. The number of alkyl halides is 3. The Morgan fingerprint density at radius 1 is 1.00 bits per heavy atom. The van der Waals surface area contributed by atoms with Gasteiger partial charge in [0.1, 0.15) is 0 Å². The summed E-state index contributed by atoms with van der Waals surface area (Å²) in [5, 5.41) is 11.1.